The lowest BCUT2D eigenvalue weighted by Crippen LogP contribution is -2.31. The van der Waals surface area contributed by atoms with Crippen LogP contribution in [0.3, 0.4) is 0 Å². The summed E-state index contributed by atoms with van der Waals surface area (Å²) in [5, 5.41) is 0. The van der Waals surface area contributed by atoms with Crippen molar-refractivity contribution < 1.29 is 9.47 Å². The van der Waals surface area contributed by atoms with Crippen LogP contribution in [0.15, 0.2) is 37.5 Å². The molecule has 2 nitrogen and oxygen atoms in total. The molecule has 1 aliphatic rings. The fraction of sp³-hybridized carbons (Fsp3) is 0.400. The van der Waals surface area contributed by atoms with Crippen molar-refractivity contribution in [3.05, 3.63) is 37.5 Å². The van der Waals surface area contributed by atoms with E-state index in [1.807, 2.05) is 12.2 Å². The zero-order chi connectivity index (χ0) is 8.81. The van der Waals surface area contributed by atoms with Crippen LogP contribution in [0, 0.1) is 0 Å². The van der Waals surface area contributed by atoms with E-state index in [4.69, 9.17) is 9.47 Å². The number of rotatable bonds is 4. The van der Waals surface area contributed by atoms with Crippen molar-refractivity contribution in [2.75, 3.05) is 13.2 Å². The Morgan fingerprint density at radius 2 is 2.42 bits per heavy atom. The number of ether oxygens (including phenoxy) is 2. The molecule has 0 aromatic rings. The summed E-state index contributed by atoms with van der Waals surface area (Å²) in [6, 6.07) is 0. The van der Waals surface area contributed by atoms with E-state index in [1.54, 1.807) is 12.2 Å². The third-order valence-corrected chi connectivity index (χ3v) is 1.67. The molecule has 66 valence electrons. The van der Waals surface area contributed by atoms with Gasteiger partial charge in [-0.25, -0.2) is 0 Å². The van der Waals surface area contributed by atoms with Crippen LogP contribution in [0.4, 0.5) is 0 Å². The second kappa shape index (κ2) is 4.91. The fourth-order valence-electron chi connectivity index (χ4n) is 1.09. The van der Waals surface area contributed by atoms with Gasteiger partial charge in [-0.3, -0.25) is 0 Å². The lowest BCUT2D eigenvalue weighted by molar-refractivity contribution is -0.0204. The van der Waals surface area contributed by atoms with E-state index in [2.05, 4.69) is 13.2 Å². The van der Waals surface area contributed by atoms with E-state index >= 15 is 0 Å². The Bertz CT molecular complexity index is 184. The van der Waals surface area contributed by atoms with E-state index in [1.165, 1.54) is 0 Å². The Balaban J connectivity index is 2.45. The highest BCUT2D eigenvalue weighted by molar-refractivity contribution is 5.04. The van der Waals surface area contributed by atoms with E-state index in [0.29, 0.717) is 13.2 Å². The summed E-state index contributed by atoms with van der Waals surface area (Å²) in [5.74, 6) is 0. The van der Waals surface area contributed by atoms with Gasteiger partial charge >= 0.3 is 0 Å². The first-order valence-electron chi connectivity index (χ1n) is 4.02. The summed E-state index contributed by atoms with van der Waals surface area (Å²) >= 11 is 0. The maximum Gasteiger partial charge on any atom is 0.106 e. The summed E-state index contributed by atoms with van der Waals surface area (Å²) in [6.45, 7) is 8.45. The summed E-state index contributed by atoms with van der Waals surface area (Å²) < 4.78 is 10.8. The molecular weight excluding hydrogens is 152 g/mol. The summed E-state index contributed by atoms with van der Waals surface area (Å²) in [6.07, 6.45) is 7.41. The van der Waals surface area contributed by atoms with Gasteiger partial charge in [0.2, 0.25) is 0 Å². The molecule has 1 heterocycles. The number of hydrogen-bond donors (Lipinski definition) is 0. The van der Waals surface area contributed by atoms with Gasteiger partial charge < -0.3 is 9.47 Å². The molecule has 0 radical (unpaired) electrons. The van der Waals surface area contributed by atoms with Crippen molar-refractivity contribution in [2.24, 2.45) is 0 Å². The van der Waals surface area contributed by atoms with Crippen LogP contribution in [0.5, 0.6) is 0 Å². The van der Waals surface area contributed by atoms with Crippen molar-refractivity contribution in [3.8, 4) is 0 Å². The average Bonchev–Trinajstić information content (AvgIpc) is 2.15. The van der Waals surface area contributed by atoms with Crippen LogP contribution < -0.4 is 0 Å². The standard InChI is InChI=1S/C10H14O2/c1-3-7-11-10-6-5-8-12-9(10)4-2/h3-6,9-10H,1-2,7-8H2/t9-,10-/m1/s1. The van der Waals surface area contributed by atoms with Gasteiger partial charge in [0, 0.05) is 0 Å². The van der Waals surface area contributed by atoms with Gasteiger partial charge in [0.05, 0.1) is 13.2 Å². The van der Waals surface area contributed by atoms with Crippen molar-refractivity contribution in [1.29, 1.82) is 0 Å². The van der Waals surface area contributed by atoms with E-state index < -0.39 is 0 Å². The molecule has 1 aliphatic heterocycles. The van der Waals surface area contributed by atoms with Gasteiger partial charge in [-0.1, -0.05) is 24.3 Å². The van der Waals surface area contributed by atoms with Gasteiger partial charge in [0.25, 0.3) is 0 Å². The van der Waals surface area contributed by atoms with Crippen molar-refractivity contribution in [1.82, 2.24) is 0 Å². The van der Waals surface area contributed by atoms with Crippen molar-refractivity contribution in [2.45, 2.75) is 12.2 Å². The molecule has 0 N–H and O–H groups in total. The number of hydrogen-bond acceptors (Lipinski definition) is 2. The fourth-order valence-corrected chi connectivity index (χ4v) is 1.09. The molecule has 0 aromatic heterocycles. The predicted molar refractivity (Wildman–Crippen MR) is 49.0 cm³/mol. The van der Waals surface area contributed by atoms with Crippen molar-refractivity contribution >= 4 is 0 Å². The zero-order valence-corrected chi connectivity index (χ0v) is 7.11. The monoisotopic (exact) mass is 166 g/mol. The Morgan fingerprint density at radius 3 is 3.08 bits per heavy atom. The summed E-state index contributed by atoms with van der Waals surface area (Å²) in [7, 11) is 0. The average molecular weight is 166 g/mol. The van der Waals surface area contributed by atoms with Crippen LogP contribution >= 0.6 is 0 Å². The minimum Gasteiger partial charge on any atom is -0.367 e. The van der Waals surface area contributed by atoms with Crippen LogP contribution in [-0.2, 0) is 9.47 Å². The maximum atomic E-state index is 5.43. The molecule has 12 heavy (non-hydrogen) atoms. The first-order valence-corrected chi connectivity index (χ1v) is 4.02. The van der Waals surface area contributed by atoms with Gasteiger partial charge in [-0.2, -0.15) is 0 Å². The highest BCUT2D eigenvalue weighted by Gasteiger charge is 2.19. The largest absolute Gasteiger partial charge is 0.367 e. The van der Waals surface area contributed by atoms with E-state index in [0.717, 1.165) is 0 Å². The van der Waals surface area contributed by atoms with Gasteiger partial charge in [0.15, 0.2) is 0 Å². The topological polar surface area (TPSA) is 18.5 Å². The third kappa shape index (κ3) is 2.32. The molecule has 0 saturated carbocycles. The molecule has 2 heteroatoms. The Labute approximate surface area is 73.2 Å². The molecule has 0 bridgehead atoms. The van der Waals surface area contributed by atoms with E-state index in [-0.39, 0.29) is 12.2 Å². The SMILES string of the molecule is C=CCO[C@@H]1C=CCO[C@@H]1C=C. The highest BCUT2D eigenvalue weighted by atomic mass is 16.5. The second-order valence-electron chi connectivity index (χ2n) is 2.55. The molecule has 0 aromatic carbocycles. The minimum atomic E-state index is -0.0186. The Morgan fingerprint density at radius 1 is 1.58 bits per heavy atom. The first-order chi connectivity index (χ1) is 5.88. The molecule has 0 amide bonds. The van der Waals surface area contributed by atoms with Crippen LogP contribution in [0.25, 0.3) is 0 Å². The Hall–Kier alpha value is -0.860. The maximum absolute atomic E-state index is 5.43. The third-order valence-electron chi connectivity index (χ3n) is 1.67. The molecule has 2 atom stereocenters. The van der Waals surface area contributed by atoms with Gasteiger partial charge in [0.1, 0.15) is 12.2 Å². The zero-order valence-electron chi connectivity index (χ0n) is 7.11. The predicted octanol–water partition coefficient (Wildman–Crippen LogP) is 1.70. The van der Waals surface area contributed by atoms with Crippen LogP contribution in [-0.4, -0.2) is 25.4 Å². The summed E-state index contributed by atoms with van der Waals surface area (Å²) in [4.78, 5) is 0. The van der Waals surface area contributed by atoms with Gasteiger partial charge in [-0.05, 0) is 0 Å². The quantitative estimate of drug-likeness (QED) is 0.592. The van der Waals surface area contributed by atoms with Crippen LogP contribution in [0.2, 0.25) is 0 Å². The molecule has 0 unspecified atom stereocenters. The lowest BCUT2D eigenvalue weighted by atomic mass is 10.1. The smallest absolute Gasteiger partial charge is 0.106 e. The summed E-state index contributed by atoms with van der Waals surface area (Å²) in [5.41, 5.74) is 0. The first kappa shape index (κ1) is 9.23. The molecule has 0 spiro atoms. The Kier molecular flexibility index (Phi) is 3.77. The molecular formula is C10H14O2. The minimum absolute atomic E-state index is 0.00532. The second-order valence-corrected chi connectivity index (χ2v) is 2.55. The lowest BCUT2D eigenvalue weighted by Gasteiger charge is -2.24. The molecule has 1 rings (SSSR count). The molecule has 0 fully saturated rings. The normalized spacial score (nSPS) is 28.3. The van der Waals surface area contributed by atoms with Crippen molar-refractivity contribution in [3.63, 3.8) is 0 Å². The highest BCUT2D eigenvalue weighted by Crippen LogP contribution is 2.11. The molecule has 0 aliphatic carbocycles. The molecule has 0 saturated heterocycles. The van der Waals surface area contributed by atoms with E-state index in [9.17, 15) is 0 Å². The van der Waals surface area contributed by atoms with Crippen LogP contribution in [0.1, 0.15) is 0 Å². The van der Waals surface area contributed by atoms with Gasteiger partial charge in [-0.15, -0.1) is 13.2 Å².